The summed E-state index contributed by atoms with van der Waals surface area (Å²) in [7, 11) is 0. The molecule has 0 saturated heterocycles. The number of carbonyl (C=O) groups excluding carboxylic acids is 1. The van der Waals surface area contributed by atoms with Crippen molar-refractivity contribution in [2.24, 2.45) is 0 Å². The minimum Gasteiger partial charge on any atom is -0.484 e. The minimum absolute atomic E-state index is 0.0275. The number of fused-ring (bicyclic) bond motifs is 1. The number of ether oxygens (including phenoxy) is 2. The molecule has 3 rings (SSSR count). The number of rotatable bonds is 6. The largest absolute Gasteiger partial charge is 0.484 e. The quantitative estimate of drug-likeness (QED) is 0.770. The number of nitrogens with zero attached hydrogens (tertiary/aromatic N) is 2. The van der Waals surface area contributed by atoms with Crippen molar-refractivity contribution in [3.63, 3.8) is 0 Å². The van der Waals surface area contributed by atoms with Crippen LogP contribution in [-0.2, 0) is 40.7 Å². The Morgan fingerprint density at radius 3 is 2.57 bits per heavy atom. The number of halogens is 3. The third kappa shape index (κ3) is 5.33. The van der Waals surface area contributed by atoms with E-state index in [2.05, 4.69) is 31.2 Å². The van der Waals surface area contributed by atoms with Gasteiger partial charge in [-0.15, -0.1) is 0 Å². The van der Waals surface area contributed by atoms with E-state index in [1.165, 1.54) is 4.68 Å². The van der Waals surface area contributed by atoms with Gasteiger partial charge in [-0.2, -0.15) is 18.3 Å². The summed E-state index contributed by atoms with van der Waals surface area (Å²) >= 11 is 0. The lowest BCUT2D eigenvalue weighted by atomic mass is 9.87. The molecule has 1 aliphatic heterocycles. The van der Waals surface area contributed by atoms with E-state index in [0.717, 1.165) is 5.56 Å². The van der Waals surface area contributed by atoms with Gasteiger partial charge in [0.15, 0.2) is 12.3 Å². The van der Waals surface area contributed by atoms with Gasteiger partial charge < -0.3 is 14.8 Å². The summed E-state index contributed by atoms with van der Waals surface area (Å²) in [5.41, 5.74) is 0.871. The number of aromatic nitrogens is 2. The topological polar surface area (TPSA) is 65.4 Å². The molecule has 0 aliphatic carbocycles. The normalized spacial score (nSPS) is 14.3. The van der Waals surface area contributed by atoms with Crippen LogP contribution in [0.4, 0.5) is 13.2 Å². The van der Waals surface area contributed by atoms with Gasteiger partial charge in [-0.05, 0) is 23.1 Å². The SMILES string of the molecule is CC(C)(C)c1ccc(OCC(=O)NCCn2nc(C(F)(F)F)c3c2CCOC3)cc1. The zero-order valence-corrected chi connectivity index (χ0v) is 17.3. The molecule has 1 amide bonds. The summed E-state index contributed by atoms with van der Waals surface area (Å²) in [6, 6.07) is 7.53. The minimum atomic E-state index is -4.53. The van der Waals surface area contributed by atoms with Gasteiger partial charge in [0.25, 0.3) is 5.91 Å². The van der Waals surface area contributed by atoms with E-state index in [4.69, 9.17) is 9.47 Å². The van der Waals surface area contributed by atoms with E-state index in [9.17, 15) is 18.0 Å². The molecule has 1 aromatic heterocycles. The molecule has 0 radical (unpaired) electrons. The van der Waals surface area contributed by atoms with Crippen LogP contribution in [0.2, 0.25) is 0 Å². The highest BCUT2D eigenvalue weighted by atomic mass is 19.4. The van der Waals surface area contributed by atoms with Crippen molar-refractivity contribution in [1.29, 1.82) is 0 Å². The monoisotopic (exact) mass is 425 g/mol. The van der Waals surface area contributed by atoms with Crippen LogP contribution >= 0.6 is 0 Å². The third-order valence-electron chi connectivity index (χ3n) is 4.90. The van der Waals surface area contributed by atoms with Gasteiger partial charge in [-0.1, -0.05) is 32.9 Å². The smallest absolute Gasteiger partial charge is 0.435 e. The maximum Gasteiger partial charge on any atom is 0.435 e. The van der Waals surface area contributed by atoms with Crippen molar-refractivity contribution in [2.75, 3.05) is 19.8 Å². The molecule has 2 heterocycles. The first-order valence-electron chi connectivity index (χ1n) is 9.79. The Balaban J connectivity index is 1.51. The van der Waals surface area contributed by atoms with Gasteiger partial charge in [0.2, 0.25) is 0 Å². The summed E-state index contributed by atoms with van der Waals surface area (Å²) in [4.78, 5) is 12.0. The third-order valence-corrected chi connectivity index (χ3v) is 4.90. The lowest BCUT2D eigenvalue weighted by Gasteiger charge is -2.19. The van der Waals surface area contributed by atoms with Crippen LogP contribution in [0.25, 0.3) is 0 Å². The second-order valence-corrected chi connectivity index (χ2v) is 8.21. The van der Waals surface area contributed by atoms with E-state index < -0.39 is 11.9 Å². The van der Waals surface area contributed by atoms with Gasteiger partial charge in [0, 0.05) is 24.2 Å². The maximum atomic E-state index is 13.2. The number of carbonyl (C=O) groups is 1. The molecule has 0 saturated carbocycles. The molecule has 0 spiro atoms. The van der Waals surface area contributed by atoms with Gasteiger partial charge >= 0.3 is 6.18 Å². The summed E-state index contributed by atoms with van der Waals surface area (Å²) in [6.07, 6.45) is -4.17. The first kappa shape index (κ1) is 22.1. The second kappa shape index (κ2) is 8.67. The summed E-state index contributed by atoms with van der Waals surface area (Å²) in [5.74, 6) is 0.226. The highest BCUT2D eigenvalue weighted by Gasteiger charge is 2.39. The Bertz CT molecular complexity index is 884. The van der Waals surface area contributed by atoms with Crippen LogP contribution in [0.5, 0.6) is 5.75 Å². The van der Waals surface area contributed by atoms with Gasteiger partial charge in [-0.25, -0.2) is 0 Å². The van der Waals surface area contributed by atoms with Crippen molar-refractivity contribution < 1.29 is 27.4 Å². The van der Waals surface area contributed by atoms with Gasteiger partial charge in [0.1, 0.15) is 5.75 Å². The standard InChI is InChI=1S/C21H26F3N3O3/c1-20(2,3)14-4-6-15(7-5-14)30-13-18(28)25-9-10-27-17-8-11-29-12-16(17)19(26-27)21(22,23)24/h4-7H,8-13H2,1-3H3,(H,25,28). The van der Waals surface area contributed by atoms with Crippen molar-refractivity contribution in [3.8, 4) is 5.75 Å². The number of hydrogen-bond acceptors (Lipinski definition) is 4. The first-order valence-corrected chi connectivity index (χ1v) is 9.79. The Labute approximate surface area is 173 Å². The maximum absolute atomic E-state index is 13.2. The molecule has 0 bridgehead atoms. The highest BCUT2D eigenvalue weighted by Crippen LogP contribution is 2.34. The highest BCUT2D eigenvalue weighted by molar-refractivity contribution is 5.77. The molecular formula is C21H26F3N3O3. The number of benzene rings is 1. The zero-order chi connectivity index (χ0) is 21.9. The molecule has 6 nitrogen and oxygen atoms in total. The summed E-state index contributed by atoms with van der Waals surface area (Å²) in [6.45, 7) is 6.70. The predicted molar refractivity (Wildman–Crippen MR) is 104 cm³/mol. The lowest BCUT2D eigenvalue weighted by molar-refractivity contribution is -0.142. The number of nitrogens with one attached hydrogen (secondary N) is 1. The zero-order valence-electron chi connectivity index (χ0n) is 17.3. The number of alkyl halides is 3. The van der Waals surface area contributed by atoms with Crippen LogP contribution in [0.1, 0.15) is 43.3 Å². The Morgan fingerprint density at radius 2 is 1.93 bits per heavy atom. The van der Waals surface area contributed by atoms with E-state index >= 15 is 0 Å². The summed E-state index contributed by atoms with van der Waals surface area (Å²) < 4.78 is 51.5. The van der Waals surface area contributed by atoms with E-state index in [0.29, 0.717) is 24.5 Å². The van der Waals surface area contributed by atoms with Crippen molar-refractivity contribution in [2.45, 2.75) is 51.9 Å². The molecule has 164 valence electrons. The van der Waals surface area contributed by atoms with Crippen molar-refractivity contribution in [1.82, 2.24) is 15.1 Å². The molecule has 0 fully saturated rings. The molecule has 1 N–H and O–H groups in total. The van der Waals surface area contributed by atoms with Crippen LogP contribution < -0.4 is 10.1 Å². The molecule has 1 aromatic carbocycles. The Kier molecular flexibility index (Phi) is 6.40. The van der Waals surface area contributed by atoms with E-state index in [1.807, 2.05) is 24.3 Å². The van der Waals surface area contributed by atoms with Crippen LogP contribution in [0, 0.1) is 0 Å². The Morgan fingerprint density at radius 1 is 1.23 bits per heavy atom. The van der Waals surface area contributed by atoms with Crippen LogP contribution in [-0.4, -0.2) is 35.4 Å². The van der Waals surface area contributed by atoms with E-state index in [-0.39, 0.29) is 43.2 Å². The van der Waals surface area contributed by atoms with Crippen molar-refractivity contribution in [3.05, 3.63) is 46.8 Å². The summed E-state index contributed by atoms with van der Waals surface area (Å²) in [5, 5.41) is 6.37. The first-order chi connectivity index (χ1) is 14.1. The predicted octanol–water partition coefficient (Wildman–Crippen LogP) is 3.47. The van der Waals surface area contributed by atoms with Crippen LogP contribution in [0.3, 0.4) is 0 Å². The number of hydrogen-bond donors (Lipinski definition) is 1. The molecule has 2 aromatic rings. The molecule has 0 unspecified atom stereocenters. The number of amides is 1. The fourth-order valence-electron chi connectivity index (χ4n) is 3.27. The molecule has 9 heteroatoms. The van der Waals surface area contributed by atoms with Crippen LogP contribution in [0.15, 0.2) is 24.3 Å². The van der Waals surface area contributed by atoms with Crippen molar-refractivity contribution >= 4 is 5.91 Å². The Hall–Kier alpha value is -2.55. The average molecular weight is 425 g/mol. The van der Waals surface area contributed by atoms with Gasteiger partial charge in [0.05, 0.1) is 19.8 Å². The molecular weight excluding hydrogens is 399 g/mol. The molecule has 1 aliphatic rings. The molecule has 30 heavy (non-hydrogen) atoms. The fraction of sp³-hybridized carbons (Fsp3) is 0.524. The second-order valence-electron chi connectivity index (χ2n) is 8.21. The lowest BCUT2D eigenvalue weighted by Crippen LogP contribution is -2.32. The average Bonchev–Trinajstić information content (AvgIpc) is 3.05. The molecule has 0 atom stereocenters. The van der Waals surface area contributed by atoms with E-state index in [1.54, 1.807) is 0 Å². The fourth-order valence-corrected chi connectivity index (χ4v) is 3.27. The van der Waals surface area contributed by atoms with Gasteiger partial charge in [-0.3, -0.25) is 9.48 Å².